The first kappa shape index (κ1) is 17.2. The maximum atomic E-state index is 12.6. The molecule has 0 aliphatic heterocycles. The van der Waals surface area contributed by atoms with Gasteiger partial charge in [0.2, 0.25) is 0 Å². The van der Waals surface area contributed by atoms with E-state index in [1.54, 1.807) is 23.9 Å². The maximum Gasteiger partial charge on any atom is 0.416 e. The lowest BCUT2D eigenvalue weighted by Gasteiger charge is -2.10. The lowest BCUT2D eigenvalue weighted by atomic mass is 10.2. The minimum atomic E-state index is -4.45. The first-order valence-electron chi connectivity index (χ1n) is 6.62. The van der Waals surface area contributed by atoms with Crippen LogP contribution in [-0.4, -0.2) is 18.8 Å². The molecule has 1 amide bonds. The summed E-state index contributed by atoms with van der Waals surface area (Å²) < 4.78 is 43.1. The lowest BCUT2D eigenvalue weighted by Crippen LogP contribution is -2.20. The molecule has 0 spiro atoms. The summed E-state index contributed by atoms with van der Waals surface area (Å²) in [6.45, 7) is -0.283. The van der Waals surface area contributed by atoms with Crippen molar-refractivity contribution >= 4 is 23.4 Å². The fourth-order valence-corrected chi connectivity index (χ4v) is 2.20. The van der Waals surface area contributed by atoms with Crippen molar-refractivity contribution in [2.75, 3.05) is 18.2 Å². The molecular weight excluding hydrogens is 327 g/mol. The molecule has 0 saturated carbocycles. The molecule has 0 aliphatic carbocycles. The van der Waals surface area contributed by atoms with Gasteiger partial charge in [-0.1, -0.05) is 6.07 Å². The summed E-state index contributed by atoms with van der Waals surface area (Å²) in [5.74, 6) is -0.0136. The van der Waals surface area contributed by atoms with Crippen LogP contribution in [-0.2, 0) is 11.0 Å². The molecule has 1 N–H and O–H groups in total. The molecule has 122 valence electrons. The number of alkyl halides is 3. The van der Waals surface area contributed by atoms with E-state index in [1.807, 2.05) is 18.4 Å². The van der Waals surface area contributed by atoms with Crippen LogP contribution >= 0.6 is 11.8 Å². The van der Waals surface area contributed by atoms with Crippen LogP contribution in [0.3, 0.4) is 0 Å². The van der Waals surface area contributed by atoms with Gasteiger partial charge in [-0.2, -0.15) is 13.2 Å². The Labute approximate surface area is 135 Å². The fraction of sp³-hybridized carbons (Fsp3) is 0.188. The monoisotopic (exact) mass is 341 g/mol. The SMILES string of the molecule is CSc1ccc(OCC(=O)Nc2cccc(C(F)(F)F)c2)cc1. The van der Waals surface area contributed by atoms with Crippen molar-refractivity contribution < 1.29 is 22.7 Å². The first-order valence-corrected chi connectivity index (χ1v) is 7.85. The van der Waals surface area contributed by atoms with Gasteiger partial charge in [0.1, 0.15) is 5.75 Å². The van der Waals surface area contributed by atoms with Crippen LogP contribution in [0.15, 0.2) is 53.4 Å². The Bertz CT molecular complexity index is 672. The summed E-state index contributed by atoms with van der Waals surface area (Å²) in [7, 11) is 0. The molecule has 2 rings (SSSR count). The highest BCUT2D eigenvalue weighted by Crippen LogP contribution is 2.30. The van der Waals surface area contributed by atoms with Crippen molar-refractivity contribution in [3.05, 3.63) is 54.1 Å². The van der Waals surface area contributed by atoms with E-state index < -0.39 is 17.6 Å². The fourth-order valence-electron chi connectivity index (χ4n) is 1.79. The van der Waals surface area contributed by atoms with Crippen LogP contribution in [0.2, 0.25) is 0 Å². The molecule has 2 aromatic carbocycles. The van der Waals surface area contributed by atoms with Crippen molar-refractivity contribution in [3.63, 3.8) is 0 Å². The van der Waals surface area contributed by atoms with Gasteiger partial charge in [0, 0.05) is 10.6 Å². The molecule has 0 atom stereocenters. The number of rotatable bonds is 5. The predicted octanol–water partition coefficient (Wildman–Crippen LogP) is 4.44. The van der Waals surface area contributed by atoms with Crippen LogP contribution in [0.1, 0.15) is 5.56 Å². The number of benzene rings is 2. The van der Waals surface area contributed by atoms with Crippen LogP contribution in [0, 0.1) is 0 Å². The summed E-state index contributed by atoms with van der Waals surface area (Å²) in [5, 5.41) is 2.38. The van der Waals surface area contributed by atoms with E-state index in [9.17, 15) is 18.0 Å². The number of ether oxygens (including phenoxy) is 1. The third-order valence-corrected chi connectivity index (χ3v) is 3.65. The highest BCUT2D eigenvalue weighted by Gasteiger charge is 2.30. The molecule has 0 unspecified atom stereocenters. The second kappa shape index (κ2) is 7.41. The van der Waals surface area contributed by atoms with E-state index in [-0.39, 0.29) is 12.3 Å². The Morgan fingerprint density at radius 3 is 2.48 bits per heavy atom. The van der Waals surface area contributed by atoms with Crippen molar-refractivity contribution in [2.24, 2.45) is 0 Å². The molecule has 0 fully saturated rings. The summed E-state index contributed by atoms with van der Waals surface area (Å²) in [5.41, 5.74) is -0.741. The zero-order valence-corrected chi connectivity index (χ0v) is 13.0. The highest BCUT2D eigenvalue weighted by molar-refractivity contribution is 7.98. The van der Waals surface area contributed by atoms with Gasteiger partial charge in [0.15, 0.2) is 6.61 Å². The Morgan fingerprint density at radius 2 is 1.87 bits per heavy atom. The van der Waals surface area contributed by atoms with Gasteiger partial charge in [-0.15, -0.1) is 11.8 Å². The van der Waals surface area contributed by atoms with Crippen LogP contribution < -0.4 is 10.1 Å². The van der Waals surface area contributed by atoms with Crippen LogP contribution in [0.5, 0.6) is 5.75 Å². The highest BCUT2D eigenvalue weighted by atomic mass is 32.2. The molecule has 7 heteroatoms. The van der Waals surface area contributed by atoms with Crippen molar-refractivity contribution in [1.82, 2.24) is 0 Å². The molecule has 0 heterocycles. The first-order chi connectivity index (χ1) is 10.9. The van der Waals surface area contributed by atoms with Crippen molar-refractivity contribution in [2.45, 2.75) is 11.1 Å². The number of carbonyl (C=O) groups excluding carboxylic acids is 1. The Kier molecular flexibility index (Phi) is 5.54. The number of amides is 1. The molecule has 0 aliphatic rings. The minimum absolute atomic E-state index is 0.0751. The molecule has 0 radical (unpaired) electrons. The number of hydrogen-bond acceptors (Lipinski definition) is 3. The number of carbonyl (C=O) groups is 1. The number of halogens is 3. The van der Waals surface area contributed by atoms with Gasteiger partial charge in [-0.3, -0.25) is 4.79 Å². The van der Waals surface area contributed by atoms with Crippen molar-refractivity contribution in [3.8, 4) is 5.75 Å². The molecule has 3 nitrogen and oxygen atoms in total. The average Bonchev–Trinajstić information content (AvgIpc) is 2.53. The quantitative estimate of drug-likeness (QED) is 0.817. The number of thioether (sulfide) groups is 1. The Hall–Kier alpha value is -2.15. The van der Waals surface area contributed by atoms with E-state index in [4.69, 9.17) is 4.74 Å². The number of anilines is 1. The summed E-state index contributed by atoms with van der Waals surface area (Å²) in [6.07, 6.45) is -2.51. The third-order valence-electron chi connectivity index (χ3n) is 2.90. The zero-order chi connectivity index (χ0) is 16.9. The van der Waals surface area contributed by atoms with Crippen LogP contribution in [0.4, 0.5) is 18.9 Å². The molecule has 2 aromatic rings. The van der Waals surface area contributed by atoms with Gasteiger partial charge in [0.25, 0.3) is 5.91 Å². The predicted molar refractivity (Wildman–Crippen MR) is 83.8 cm³/mol. The summed E-state index contributed by atoms with van der Waals surface area (Å²) in [6, 6.07) is 11.6. The third kappa shape index (κ3) is 5.21. The van der Waals surface area contributed by atoms with E-state index in [2.05, 4.69) is 5.32 Å². The molecular formula is C16H14F3NO2S. The van der Waals surface area contributed by atoms with Gasteiger partial charge >= 0.3 is 6.18 Å². The van der Waals surface area contributed by atoms with E-state index in [0.29, 0.717) is 5.75 Å². The largest absolute Gasteiger partial charge is 0.484 e. The molecule has 0 aromatic heterocycles. The van der Waals surface area contributed by atoms with Crippen molar-refractivity contribution in [1.29, 1.82) is 0 Å². The molecule has 23 heavy (non-hydrogen) atoms. The lowest BCUT2D eigenvalue weighted by molar-refractivity contribution is -0.137. The molecule has 0 bridgehead atoms. The van der Waals surface area contributed by atoms with E-state index in [0.717, 1.165) is 17.0 Å². The Morgan fingerprint density at radius 1 is 1.17 bits per heavy atom. The average molecular weight is 341 g/mol. The van der Waals surface area contributed by atoms with E-state index in [1.165, 1.54) is 12.1 Å². The van der Waals surface area contributed by atoms with Crippen LogP contribution in [0.25, 0.3) is 0 Å². The van der Waals surface area contributed by atoms with E-state index >= 15 is 0 Å². The Balaban J connectivity index is 1.91. The number of nitrogens with one attached hydrogen (secondary N) is 1. The normalized spacial score (nSPS) is 11.1. The van der Waals surface area contributed by atoms with Gasteiger partial charge in [-0.05, 0) is 48.7 Å². The zero-order valence-electron chi connectivity index (χ0n) is 12.2. The second-order valence-electron chi connectivity index (χ2n) is 4.59. The topological polar surface area (TPSA) is 38.3 Å². The molecule has 0 saturated heterocycles. The summed E-state index contributed by atoms with van der Waals surface area (Å²) in [4.78, 5) is 12.8. The standard InChI is InChI=1S/C16H14F3NO2S/c1-23-14-7-5-13(6-8-14)22-10-15(21)20-12-4-2-3-11(9-12)16(17,18)19/h2-9H,10H2,1H3,(H,20,21). The number of hydrogen-bond donors (Lipinski definition) is 1. The maximum absolute atomic E-state index is 12.6. The minimum Gasteiger partial charge on any atom is -0.484 e. The van der Waals surface area contributed by atoms with Gasteiger partial charge in [0.05, 0.1) is 5.56 Å². The second-order valence-corrected chi connectivity index (χ2v) is 5.47. The summed E-state index contributed by atoms with van der Waals surface area (Å²) >= 11 is 1.58. The smallest absolute Gasteiger partial charge is 0.416 e. The van der Waals surface area contributed by atoms with Gasteiger partial charge < -0.3 is 10.1 Å². The van der Waals surface area contributed by atoms with Gasteiger partial charge in [-0.25, -0.2) is 0 Å².